The number of alkyl halides is 1. The van der Waals surface area contributed by atoms with E-state index in [2.05, 4.69) is 15.3 Å². The van der Waals surface area contributed by atoms with Crippen LogP contribution in [0.2, 0.25) is 0 Å². The molecule has 1 atom stereocenters. The molecule has 1 amide bonds. The zero-order valence-electron chi connectivity index (χ0n) is 17.6. The summed E-state index contributed by atoms with van der Waals surface area (Å²) in [6, 6.07) is 12.9. The summed E-state index contributed by atoms with van der Waals surface area (Å²) in [6.45, 7) is 6.74. The predicted octanol–water partition coefficient (Wildman–Crippen LogP) is 5.77. The van der Waals surface area contributed by atoms with Crippen molar-refractivity contribution in [3.8, 4) is 17.0 Å². The van der Waals surface area contributed by atoms with Gasteiger partial charge in [0, 0.05) is 23.2 Å². The first-order valence-electron chi connectivity index (χ1n) is 9.87. The summed E-state index contributed by atoms with van der Waals surface area (Å²) in [7, 11) is 0. The van der Waals surface area contributed by atoms with Crippen LogP contribution in [0.3, 0.4) is 0 Å². The number of nitrogens with zero attached hydrogens (tertiary/aromatic N) is 2. The van der Waals surface area contributed by atoms with Gasteiger partial charge in [-0.1, -0.05) is 13.0 Å². The standard InChI is InChI=1S/C23H26FN3O3/c1-5-17(13-24)29-18-9-6-15-7-10-19(26-20(15)12-18)16-8-11-21(25-14-16)27-22(28)30-23(2,3)4/h6-12,14,17H,5,13H2,1-4H3,(H,25,27,28). The van der Waals surface area contributed by atoms with Crippen molar-refractivity contribution in [2.75, 3.05) is 12.0 Å². The highest BCUT2D eigenvalue weighted by Gasteiger charge is 2.16. The van der Waals surface area contributed by atoms with Gasteiger partial charge in [0.2, 0.25) is 0 Å². The van der Waals surface area contributed by atoms with Gasteiger partial charge in [-0.15, -0.1) is 0 Å². The van der Waals surface area contributed by atoms with E-state index in [1.165, 1.54) is 0 Å². The molecule has 1 unspecified atom stereocenters. The molecule has 1 aromatic carbocycles. The van der Waals surface area contributed by atoms with Gasteiger partial charge in [-0.05, 0) is 57.5 Å². The third-order valence-electron chi connectivity index (χ3n) is 4.28. The average molecular weight is 411 g/mol. The van der Waals surface area contributed by atoms with Gasteiger partial charge in [0.15, 0.2) is 0 Å². The fourth-order valence-electron chi connectivity index (χ4n) is 2.77. The number of benzene rings is 1. The molecule has 3 aromatic rings. The SMILES string of the molecule is CCC(CF)Oc1ccc2ccc(-c3ccc(NC(=O)OC(C)(C)C)nc3)nc2c1. The smallest absolute Gasteiger partial charge is 0.413 e. The Morgan fingerprint density at radius 2 is 1.93 bits per heavy atom. The van der Waals surface area contributed by atoms with Crippen LogP contribution in [0.4, 0.5) is 15.0 Å². The summed E-state index contributed by atoms with van der Waals surface area (Å²) in [5.41, 5.74) is 1.69. The molecule has 0 aliphatic heterocycles. The van der Waals surface area contributed by atoms with Crippen molar-refractivity contribution in [2.24, 2.45) is 0 Å². The van der Waals surface area contributed by atoms with E-state index in [1.54, 1.807) is 33.0 Å². The van der Waals surface area contributed by atoms with Crippen molar-refractivity contribution < 1.29 is 18.7 Å². The molecule has 2 heterocycles. The second kappa shape index (κ2) is 9.07. The van der Waals surface area contributed by atoms with Gasteiger partial charge >= 0.3 is 6.09 Å². The van der Waals surface area contributed by atoms with Gasteiger partial charge in [-0.3, -0.25) is 5.32 Å². The number of nitrogens with one attached hydrogen (secondary N) is 1. The first kappa shape index (κ1) is 21.5. The second-order valence-corrected chi connectivity index (χ2v) is 7.91. The fraction of sp³-hybridized carbons (Fsp3) is 0.348. The first-order valence-corrected chi connectivity index (χ1v) is 9.87. The van der Waals surface area contributed by atoms with Crippen molar-refractivity contribution >= 4 is 22.8 Å². The molecule has 2 aromatic heterocycles. The Morgan fingerprint density at radius 1 is 1.17 bits per heavy atom. The number of carbonyl (C=O) groups excluding carboxylic acids is 1. The zero-order chi connectivity index (χ0) is 21.7. The summed E-state index contributed by atoms with van der Waals surface area (Å²) in [6.07, 6.45) is 1.21. The first-order chi connectivity index (χ1) is 14.3. The maximum atomic E-state index is 13.0. The van der Waals surface area contributed by atoms with Crippen LogP contribution in [0.5, 0.6) is 5.75 Å². The molecule has 0 spiro atoms. The van der Waals surface area contributed by atoms with Crippen LogP contribution in [0.15, 0.2) is 48.7 Å². The number of rotatable bonds is 6. The van der Waals surface area contributed by atoms with Crippen molar-refractivity contribution in [3.05, 3.63) is 48.7 Å². The Bertz CT molecular complexity index is 1010. The lowest BCUT2D eigenvalue weighted by molar-refractivity contribution is 0.0635. The van der Waals surface area contributed by atoms with E-state index in [0.29, 0.717) is 18.0 Å². The highest BCUT2D eigenvalue weighted by molar-refractivity contribution is 5.85. The summed E-state index contributed by atoms with van der Waals surface area (Å²) in [5, 5.41) is 3.56. The number of ether oxygens (including phenoxy) is 2. The minimum atomic E-state index is -0.580. The van der Waals surface area contributed by atoms with Crippen LogP contribution in [0, 0.1) is 0 Å². The van der Waals surface area contributed by atoms with E-state index < -0.39 is 24.5 Å². The third kappa shape index (κ3) is 5.65. The largest absolute Gasteiger partial charge is 0.488 e. The molecule has 3 rings (SSSR count). The monoisotopic (exact) mass is 411 g/mol. The Morgan fingerprint density at radius 3 is 2.57 bits per heavy atom. The molecule has 6 nitrogen and oxygen atoms in total. The molecule has 0 radical (unpaired) electrons. The molecule has 0 aliphatic carbocycles. The van der Waals surface area contributed by atoms with Crippen LogP contribution in [-0.2, 0) is 4.74 Å². The van der Waals surface area contributed by atoms with E-state index >= 15 is 0 Å². The van der Waals surface area contributed by atoms with Crippen molar-refractivity contribution in [1.82, 2.24) is 9.97 Å². The molecular weight excluding hydrogens is 385 g/mol. The Balaban J connectivity index is 1.78. The minimum absolute atomic E-state index is 0.390. The van der Waals surface area contributed by atoms with Gasteiger partial charge in [-0.25, -0.2) is 19.2 Å². The summed E-state index contributed by atoms with van der Waals surface area (Å²) >= 11 is 0. The van der Waals surface area contributed by atoms with Crippen LogP contribution in [0.1, 0.15) is 34.1 Å². The Kier molecular flexibility index (Phi) is 6.50. The number of fused-ring (bicyclic) bond motifs is 1. The molecular formula is C23H26FN3O3. The lowest BCUT2D eigenvalue weighted by atomic mass is 10.1. The van der Waals surface area contributed by atoms with Crippen LogP contribution in [-0.4, -0.2) is 34.4 Å². The van der Waals surface area contributed by atoms with Gasteiger partial charge in [0.1, 0.15) is 29.9 Å². The maximum absolute atomic E-state index is 13.0. The van der Waals surface area contributed by atoms with E-state index in [1.807, 2.05) is 43.3 Å². The lowest BCUT2D eigenvalue weighted by Crippen LogP contribution is -2.27. The average Bonchev–Trinajstić information content (AvgIpc) is 2.70. The zero-order valence-corrected chi connectivity index (χ0v) is 17.6. The number of carbonyl (C=O) groups is 1. The summed E-state index contributed by atoms with van der Waals surface area (Å²) in [4.78, 5) is 20.8. The highest BCUT2D eigenvalue weighted by atomic mass is 19.1. The number of hydrogen-bond donors (Lipinski definition) is 1. The highest BCUT2D eigenvalue weighted by Crippen LogP contribution is 2.25. The van der Waals surface area contributed by atoms with E-state index in [-0.39, 0.29) is 0 Å². The summed E-state index contributed by atoms with van der Waals surface area (Å²) in [5.74, 6) is 0.980. The number of amides is 1. The second-order valence-electron chi connectivity index (χ2n) is 7.91. The van der Waals surface area contributed by atoms with Gasteiger partial charge < -0.3 is 9.47 Å². The van der Waals surface area contributed by atoms with Gasteiger partial charge in [0.05, 0.1) is 11.2 Å². The molecule has 0 saturated carbocycles. The molecule has 0 saturated heterocycles. The molecule has 0 bridgehead atoms. The molecule has 1 N–H and O–H groups in total. The van der Waals surface area contributed by atoms with Gasteiger partial charge in [0.25, 0.3) is 0 Å². The number of pyridine rings is 2. The number of anilines is 1. The number of hydrogen-bond acceptors (Lipinski definition) is 5. The third-order valence-corrected chi connectivity index (χ3v) is 4.28. The Hall–Kier alpha value is -3.22. The van der Waals surface area contributed by atoms with E-state index in [4.69, 9.17) is 9.47 Å². The number of aromatic nitrogens is 2. The molecule has 7 heteroatoms. The van der Waals surface area contributed by atoms with Crippen LogP contribution in [0.25, 0.3) is 22.2 Å². The van der Waals surface area contributed by atoms with Crippen molar-refractivity contribution in [3.63, 3.8) is 0 Å². The molecule has 0 fully saturated rings. The quantitative estimate of drug-likeness (QED) is 0.557. The van der Waals surface area contributed by atoms with Gasteiger partial charge in [-0.2, -0.15) is 0 Å². The van der Waals surface area contributed by atoms with E-state index in [0.717, 1.165) is 22.2 Å². The topological polar surface area (TPSA) is 73.3 Å². The molecule has 158 valence electrons. The van der Waals surface area contributed by atoms with Crippen molar-refractivity contribution in [1.29, 1.82) is 0 Å². The van der Waals surface area contributed by atoms with Crippen LogP contribution >= 0.6 is 0 Å². The number of halogens is 1. The minimum Gasteiger partial charge on any atom is -0.488 e. The van der Waals surface area contributed by atoms with E-state index in [9.17, 15) is 9.18 Å². The van der Waals surface area contributed by atoms with Crippen molar-refractivity contribution in [2.45, 2.75) is 45.8 Å². The van der Waals surface area contributed by atoms with Crippen LogP contribution < -0.4 is 10.1 Å². The molecule has 0 aliphatic rings. The lowest BCUT2D eigenvalue weighted by Gasteiger charge is -2.19. The fourth-order valence-corrected chi connectivity index (χ4v) is 2.77. The molecule has 30 heavy (non-hydrogen) atoms. The Labute approximate surface area is 175 Å². The summed E-state index contributed by atoms with van der Waals surface area (Å²) < 4.78 is 23.8. The normalized spacial score (nSPS) is 12.4. The maximum Gasteiger partial charge on any atom is 0.413 e. The predicted molar refractivity (Wildman–Crippen MR) is 116 cm³/mol.